The molecule has 2 atom stereocenters. The summed E-state index contributed by atoms with van der Waals surface area (Å²) in [4.78, 5) is 30.6. The van der Waals surface area contributed by atoms with Gasteiger partial charge in [-0.05, 0) is 60.0 Å². The molecule has 0 aromatic rings. The number of ether oxygens (including phenoxy) is 1. The van der Waals surface area contributed by atoms with Gasteiger partial charge < -0.3 is 14.7 Å². The summed E-state index contributed by atoms with van der Waals surface area (Å²) in [7, 11) is 0. The Kier molecular flexibility index (Phi) is 7.29. The Balaban J connectivity index is 1.86. The highest BCUT2D eigenvalue weighted by atomic mass is 16.6. The van der Waals surface area contributed by atoms with Crippen LogP contribution in [0.15, 0.2) is 0 Å². The van der Waals surface area contributed by atoms with Gasteiger partial charge in [-0.15, -0.1) is 0 Å². The predicted octanol–water partition coefficient (Wildman–Crippen LogP) is 1.69. The lowest BCUT2D eigenvalue weighted by molar-refractivity contribution is -0.141. The molecule has 0 aliphatic carbocycles. The maximum absolute atomic E-state index is 12.7. The number of hydrogen-bond acceptors (Lipinski definition) is 5. The van der Waals surface area contributed by atoms with Gasteiger partial charge in [-0.1, -0.05) is 6.42 Å². The minimum atomic E-state index is -0.570. The van der Waals surface area contributed by atoms with E-state index in [0.29, 0.717) is 19.6 Å². The Morgan fingerprint density at radius 1 is 1.19 bits per heavy atom. The summed E-state index contributed by atoms with van der Waals surface area (Å²) in [6, 6.07) is -0.400. The molecule has 2 aliphatic rings. The fourth-order valence-corrected chi connectivity index (χ4v) is 3.70. The quantitative estimate of drug-likeness (QED) is 0.798. The van der Waals surface area contributed by atoms with Gasteiger partial charge in [0.05, 0.1) is 6.61 Å². The van der Waals surface area contributed by atoms with Gasteiger partial charge in [0.1, 0.15) is 11.6 Å². The average molecular weight is 370 g/mol. The van der Waals surface area contributed by atoms with E-state index in [1.165, 1.54) is 24.2 Å². The number of aliphatic hydroxyl groups excluding tert-OH is 1. The first-order chi connectivity index (χ1) is 12.2. The van der Waals surface area contributed by atoms with Crippen LogP contribution in [0.5, 0.6) is 0 Å². The second-order valence-corrected chi connectivity index (χ2v) is 8.40. The molecule has 26 heavy (non-hydrogen) atoms. The summed E-state index contributed by atoms with van der Waals surface area (Å²) in [5.41, 5.74) is -0.570. The summed E-state index contributed by atoms with van der Waals surface area (Å²) in [6.07, 6.45) is 3.96. The van der Waals surface area contributed by atoms with E-state index in [1.54, 1.807) is 6.92 Å². The van der Waals surface area contributed by atoms with Crippen LogP contribution in [-0.2, 0) is 9.53 Å². The molecule has 2 rings (SSSR count). The van der Waals surface area contributed by atoms with E-state index in [1.807, 2.05) is 25.7 Å². The van der Waals surface area contributed by atoms with Crippen LogP contribution in [0.2, 0.25) is 0 Å². The van der Waals surface area contributed by atoms with Crippen molar-refractivity contribution in [1.82, 2.24) is 14.7 Å². The number of likely N-dealkylation sites (tertiary alicyclic amines) is 1. The summed E-state index contributed by atoms with van der Waals surface area (Å²) in [5, 5.41) is 9.73. The van der Waals surface area contributed by atoms with Gasteiger partial charge in [0.2, 0.25) is 5.91 Å². The number of piperidine rings is 1. The Morgan fingerprint density at radius 3 is 2.42 bits per heavy atom. The molecule has 2 amide bonds. The number of piperazine rings is 1. The first kappa shape index (κ1) is 21.0. The maximum Gasteiger partial charge on any atom is 0.411 e. The van der Waals surface area contributed by atoms with Crippen LogP contribution in [0.25, 0.3) is 0 Å². The van der Waals surface area contributed by atoms with Gasteiger partial charge in [-0.2, -0.15) is 0 Å². The molecular formula is C19H35N3O4. The lowest BCUT2D eigenvalue weighted by atomic mass is 10.1. The third kappa shape index (κ3) is 5.58. The van der Waals surface area contributed by atoms with Crippen molar-refractivity contribution < 1.29 is 19.4 Å². The second kappa shape index (κ2) is 9.04. The van der Waals surface area contributed by atoms with Gasteiger partial charge in [0.15, 0.2) is 0 Å². The number of aliphatic hydroxyl groups is 1. The Hall–Kier alpha value is -1.34. The molecule has 2 aliphatic heterocycles. The average Bonchev–Trinajstić information content (AvgIpc) is 2.58. The van der Waals surface area contributed by atoms with Crippen LogP contribution in [-0.4, -0.2) is 88.8 Å². The summed E-state index contributed by atoms with van der Waals surface area (Å²) >= 11 is 0. The third-order valence-corrected chi connectivity index (χ3v) is 5.23. The molecular weight excluding hydrogens is 334 g/mol. The van der Waals surface area contributed by atoms with Gasteiger partial charge in [0.25, 0.3) is 0 Å². The van der Waals surface area contributed by atoms with Crippen molar-refractivity contribution in [3.05, 3.63) is 0 Å². The fourth-order valence-electron chi connectivity index (χ4n) is 3.70. The highest BCUT2D eigenvalue weighted by Crippen LogP contribution is 2.19. The Labute approximate surface area is 157 Å². The summed E-state index contributed by atoms with van der Waals surface area (Å²) in [6.45, 7) is 11.0. The van der Waals surface area contributed by atoms with Crippen molar-refractivity contribution in [2.45, 2.75) is 71.1 Å². The first-order valence-electron chi connectivity index (χ1n) is 9.86. The number of rotatable bonds is 5. The van der Waals surface area contributed by atoms with Gasteiger partial charge in [-0.3, -0.25) is 14.6 Å². The molecule has 1 N–H and O–H groups in total. The Bertz CT molecular complexity index is 486. The van der Waals surface area contributed by atoms with Crippen LogP contribution in [0.4, 0.5) is 4.79 Å². The molecule has 2 fully saturated rings. The molecule has 0 aromatic carbocycles. The molecule has 0 spiro atoms. The van der Waals surface area contributed by atoms with Crippen molar-refractivity contribution in [3.8, 4) is 0 Å². The van der Waals surface area contributed by atoms with Crippen molar-refractivity contribution in [2.24, 2.45) is 0 Å². The van der Waals surface area contributed by atoms with E-state index in [2.05, 4.69) is 4.90 Å². The smallest absolute Gasteiger partial charge is 0.411 e. The zero-order chi connectivity index (χ0) is 19.3. The molecule has 0 bridgehead atoms. The zero-order valence-corrected chi connectivity index (χ0v) is 16.7. The molecule has 1 unspecified atom stereocenters. The third-order valence-electron chi connectivity index (χ3n) is 5.23. The van der Waals surface area contributed by atoms with E-state index in [0.717, 1.165) is 19.5 Å². The standard InChI is InChI=1S/C19H35N3O4/c1-15-17(24)21(12-13-22(15)18(25)26-19(2,3)4)11-8-16(14-23)20-9-6-5-7-10-20/h15-16,23H,5-14H2,1-4H3/t15-,16?/m0/s1. The topological polar surface area (TPSA) is 73.3 Å². The van der Waals surface area contributed by atoms with E-state index in [4.69, 9.17) is 4.74 Å². The number of carbonyl (C=O) groups is 2. The second-order valence-electron chi connectivity index (χ2n) is 8.40. The maximum atomic E-state index is 12.7. The number of hydrogen-bond donors (Lipinski definition) is 1. The normalized spacial score (nSPS) is 23.9. The molecule has 0 saturated carbocycles. The minimum absolute atomic E-state index is 0.0440. The molecule has 7 heteroatoms. The van der Waals surface area contributed by atoms with E-state index >= 15 is 0 Å². The minimum Gasteiger partial charge on any atom is -0.444 e. The largest absolute Gasteiger partial charge is 0.444 e. The Morgan fingerprint density at radius 2 is 1.85 bits per heavy atom. The van der Waals surface area contributed by atoms with Crippen LogP contribution >= 0.6 is 0 Å². The monoisotopic (exact) mass is 369 g/mol. The van der Waals surface area contributed by atoms with Crippen LogP contribution in [0.1, 0.15) is 53.4 Å². The highest BCUT2D eigenvalue weighted by Gasteiger charge is 2.36. The van der Waals surface area contributed by atoms with E-state index < -0.39 is 17.7 Å². The van der Waals surface area contributed by atoms with Crippen molar-refractivity contribution >= 4 is 12.0 Å². The molecule has 150 valence electrons. The van der Waals surface area contributed by atoms with Crippen LogP contribution in [0.3, 0.4) is 0 Å². The van der Waals surface area contributed by atoms with Crippen LogP contribution in [0, 0.1) is 0 Å². The van der Waals surface area contributed by atoms with Crippen LogP contribution < -0.4 is 0 Å². The van der Waals surface area contributed by atoms with Crippen molar-refractivity contribution in [3.63, 3.8) is 0 Å². The first-order valence-corrected chi connectivity index (χ1v) is 9.86. The number of nitrogens with zero attached hydrogens (tertiary/aromatic N) is 3. The molecule has 2 heterocycles. The van der Waals surface area contributed by atoms with Gasteiger partial charge >= 0.3 is 6.09 Å². The number of carbonyl (C=O) groups excluding carboxylic acids is 2. The van der Waals surface area contributed by atoms with E-state index in [-0.39, 0.29) is 18.6 Å². The molecule has 0 aromatic heterocycles. The zero-order valence-electron chi connectivity index (χ0n) is 16.7. The van der Waals surface area contributed by atoms with Gasteiger partial charge in [-0.25, -0.2) is 4.79 Å². The number of amides is 2. The lowest BCUT2D eigenvalue weighted by Crippen LogP contribution is -2.58. The fraction of sp³-hybridized carbons (Fsp3) is 0.895. The molecule has 7 nitrogen and oxygen atoms in total. The highest BCUT2D eigenvalue weighted by molar-refractivity contribution is 5.86. The SMILES string of the molecule is C[C@H]1C(=O)N(CCC(CO)N2CCCCC2)CCN1C(=O)OC(C)(C)C. The predicted molar refractivity (Wildman–Crippen MR) is 99.9 cm³/mol. The van der Waals surface area contributed by atoms with Gasteiger partial charge in [0, 0.05) is 25.7 Å². The summed E-state index contributed by atoms with van der Waals surface area (Å²) in [5.74, 6) is -0.0440. The van der Waals surface area contributed by atoms with E-state index in [9.17, 15) is 14.7 Å². The van der Waals surface area contributed by atoms with Crippen molar-refractivity contribution in [2.75, 3.05) is 39.3 Å². The molecule has 2 saturated heterocycles. The van der Waals surface area contributed by atoms with Crippen molar-refractivity contribution in [1.29, 1.82) is 0 Å². The molecule has 0 radical (unpaired) electrons. The summed E-state index contributed by atoms with van der Waals surface area (Å²) < 4.78 is 5.40. The lowest BCUT2D eigenvalue weighted by Gasteiger charge is -2.40.